The molecule has 2 aromatic rings. The molecule has 1 aromatic carbocycles. The molecule has 1 aromatic heterocycles. The van der Waals surface area contributed by atoms with Gasteiger partial charge in [0.2, 0.25) is 0 Å². The molecule has 1 heterocycles. The topological polar surface area (TPSA) is 12.0 Å². The summed E-state index contributed by atoms with van der Waals surface area (Å²) in [5.41, 5.74) is 2.18. The molecule has 2 rings (SSSR count). The molecule has 4 heteroatoms. The molecular formula is C14H15ClFNS. The van der Waals surface area contributed by atoms with Crippen molar-refractivity contribution in [1.29, 1.82) is 0 Å². The van der Waals surface area contributed by atoms with Crippen molar-refractivity contribution in [1.82, 2.24) is 5.32 Å². The Kier molecular flexibility index (Phi) is 4.38. The maximum atomic E-state index is 13.2. The van der Waals surface area contributed by atoms with Crippen molar-refractivity contribution in [2.24, 2.45) is 0 Å². The van der Waals surface area contributed by atoms with Crippen LogP contribution in [0.5, 0.6) is 0 Å². The zero-order valence-corrected chi connectivity index (χ0v) is 11.9. The third-order valence-electron chi connectivity index (χ3n) is 2.77. The van der Waals surface area contributed by atoms with Crippen LogP contribution in [0.25, 0.3) is 0 Å². The maximum Gasteiger partial charge on any atom is 0.141 e. The van der Waals surface area contributed by atoms with Crippen LogP contribution in [0.2, 0.25) is 5.02 Å². The second kappa shape index (κ2) is 5.83. The van der Waals surface area contributed by atoms with Crippen molar-refractivity contribution in [2.75, 3.05) is 6.54 Å². The molecule has 18 heavy (non-hydrogen) atoms. The number of nitrogens with one attached hydrogen (secondary N) is 1. The highest BCUT2D eigenvalue weighted by Crippen LogP contribution is 2.28. The molecule has 1 atom stereocenters. The predicted octanol–water partition coefficient (Wildman–Crippen LogP) is 4.55. The third-order valence-corrected chi connectivity index (χ3v) is 3.94. The zero-order valence-electron chi connectivity index (χ0n) is 10.3. The normalized spacial score (nSPS) is 12.7. The quantitative estimate of drug-likeness (QED) is 0.868. The van der Waals surface area contributed by atoms with Gasteiger partial charge in [-0.2, -0.15) is 0 Å². The fraction of sp³-hybridized carbons (Fsp3) is 0.286. The lowest BCUT2D eigenvalue weighted by Gasteiger charge is -2.17. The van der Waals surface area contributed by atoms with Crippen molar-refractivity contribution in [3.05, 3.63) is 56.5 Å². The lowest BCUT2D eigenvalue weighted by Crippen LogP contribution is -2.21. The summed E-state index contributed by atoms with van der Waals surface area (Å²) < 4.78 is 13.2. The minimum absolute atomic E-state index is 0.0676. The van der Waals surface area contributed by atoms with Crippen molar-refractivity contribution in [2.45, 2.75) is 19.9 Å². The Labute approximate surface area is 116 Å². The van der Waals surface area contributed by atoms with Gasteiger partial charge in [0.05, 0.1) is 11.1 Å². The van der Waals surface area contributed by atoms with E-state index in [4.69, 9.17) is 11.6 Å². The first-order valence-electron chi connectivity index (χ1n) is 5.85. The molecule has 0 aliphatic heterocycles. The number of benzene rings is 1. The van der Waals surface area contributed by atoms with E-state index in [-0.39, 0.29) is 16.9 Å². The van der Waals surface area contributed by atoms with Gasteiger partial charge >= 0.3 is 0 Å². The number of hydrogen-bond acceptors (Lipinski definition) is 2. The van der Waals surface area contributed by atoms with Crippen LogP contribution < -0.4 is 5.32 Å². The highest BCUT2D eigenvalue weighted by Gasteiger charge is 2.15. The standard InChI is InChI=1S/C14H15ClFNS/c1-3-17-14(11-6-9(2)18-8-11)10-4-5-13(16)12(15)7-10/h4-8,14,17H,3H2,1-2H3. The first-order chi connectivity index (χ1) is 8.61. The van der Waals surface area contributed by atoms with Crippen LogP contribution >= 0.6 is 22.9 Å². The largest absolute Gasteiger partial charge is 0.307 e. The average molecular weight is 284 g/mol. The summed E-state index contributed by atoms with van der Waals surface area (Å²) in [7, 11) is 0. The minimum atomic E-state index is -0.378. The van der Waals surface area contributed by atoms with E-state index >= 15 is 0 Å². The summed E-state index contributed by atoms with van der Waals surface area (Å²) in [5.74, 6) is -0.378. The van der Waals surface area contributed by atoms with Gasteiger partial charge in [-0.05, 0) is 48.2 Å². The summed E-state index contributed by atoms with van der Waals surface area (Å²) >= 11 is 7.56. The molecule has 0 aliphatic carbocycles. The van der Waals surface area contributed by atoms with Gasteiger partial charge < -0.3 is 5.32 Å². The van der Waals surface area contributed by atoms with E-state index in [1.54, 1.807) is 23.5 Å². The number of rotatable bonds is 4. The summed E-state index contributed by atoms with van der Waals surface area (Å²) in [6.45, 7) is 4.97. The highest BCUT2D eigenvalue weighted by atomic mass is 35.5. The van der Waals surface area contributed by atoms with Crippen molar-refractivity contribution in [3.63, 3.8) is 0 Å². The van der Waals surface area contributed by atoms with Crippen LogP contribution in [0.1, 0.15) is 29.0 Å². The van der Waals surface area contributed by atoms with Crippen LogP contribution in [-0.2, 0) is 0 Å². The second-order valence-electron chi connectivity index (χ2n) is 4.15. The van der Waals surface area contributed by atoms with E-state index in [1.165, 1.54) is 16.5 Å². The summed E-state index contributed by atoms with van der Waals surface area (Å²) in [6, 6.07) is 7.10. The third kappa shape index (κ3) is 2.91. The SMILES string of the molecule is CCNC(c1csc(C)c1)c1ccc(F)c(Cl)c1. The van der Waals surface area contributed by atoms with Gasteiger partial charge in [-0.25, -0.2) is 4.39 Å². The molecular weight excluding hydrogens is 269 g/mol. The molecule has 0 saturated heterocycles. The maximum absolute atomic E-state index is 13.2. The molecule has 1 N–H and O–H groups in total. The van der Waals surface area contributed by atoms with Gasteiger partial charge in [0, 0.05) is 4.88 Å². The summed E-state index contributed by atoms with van der Waals surface area (Å²) in [4.78, 5) is 1.26. The monoisotopic (exact) mass is 283 g/mol. The Bertz CT molecular complexity index is 538. The molecule has 0 radical (unpaired) electrons. The molecule has 0 fully saturated rings. The average Bonchev–Trinajstić information content (AvgIpc) is 2.76. The molecule has 1 nitrogen and oxygen atoms in total. The Hall–Kier alpha value is -0.900. The Balaban J connectivity index is 2.37. The van der Waals surface area contributed by atoms with E-state index in [0.717, 1.165) is 12.1 Å². The molecule has 96 valence electrons. The van der Waals surface area contributed by atoms with Crippen LogP contribution in [-0.4, -0.2) is 6.54 Å². The van der Waals surface area contributed by atoms with Crippen LogP contribution in [0.15, 0.2) is 29.6 Å². The Morgan fingerprint density at radius 3 is 2.67 bits per heavy atom. The first-order valence-corrected chi connectivity index (χ1v) is 7.11. The van der Waals surface area contributed by atoms with Gasteiger partial charge in [-0.1, -0.05) is 24.6 Å². The van der Waals surface area contributed by atoms with E-state index in [9.17, 15) is 4.39 Å². The molecule has 0 saturated carbocycles. The van der Waals surface area contributed by atoms with E-state index in [2.05, 4.69) is 30.6 Å². The van der Waals surface area contributed by atoms with Gasteiger partial charge in [0.15, 0.2) is 0 Å². The predicted molar refractivity (Wildman–Crippen MR) is 76.0 cm³/mol. The lowest BCUT2D eigenvalue weighted by atomic mass is 10.0. The molecule has 0 spiro atoms. The zero-order chi connectivity index (χ0) is 13.1. The van der Waals surface area contributed by atoms with Crippen LogP contribution in [0.4, 0.5) is 4.39 Å². The van der Waals surface area contributed by atoms with Gasteiger partial charge in [-0.3, -0.25) is 0 Å². The number of thiophene rings is 1. The minimum Gasteiger partial charge on any atom is -0.307 e. The van der Waals surface area contributed by atoms with Crippen molar-refractivity contribution >= 4 is 22.9 Å². The smallest absolute Gasteiger partial charge is 0.141 e. The Morgan fingerprint density at radius 1 is 1.33 bits per heavy atom. The van der Waals surface area contributed by atoms with Gasteiger partial charge in [0.1, 0.15) is 5.82 Å². The number of halogens is 2. The number of hydrogen-bond donors (Lipinski definition) is 1. The van der Waals surface area contributed by atoms with Crippen LogP contribution in [0, 0.1) is 12.7 Å². The molecule has 1 unspecified atom stereocenters. The molecule has 0 aliphatic rings. The van der Waals surface area contributed by atoms with Crippen molar-refractivity contribution < 1.29 is 4.39 Å². The van der Waals surface area contributed by atoms with E-state index in [1.807, 2.05) is 0 Å². The van der Waals surface area contributed by atoms with Gasteiger partial charge in [-0.15, -0.1) is 11.3 Å². The fourth-order valence-electron chi connectivity index (χ4n) is 1.94. The molecule has 0 amide bonds. The number of aryl methyl sites for hydroxylation is 1. The van der Waals surface area contributed by atoms with Gasteiger partial charge in [0.25, 0.3) is 0 Å². The summed E-state index contributed by atoms with van der Waals surface area (Å²) in [5, 5.41) is 5.69. The van der Waals surface area contributed by atoms with Crippen LogP contribution in [0.3, 0.4) is 0 Å². The lowest BCUT2D eigenvalue weighted by molar-refractivity contribution is 0.614. The summed E-state index contributed by atoms with van der Waals surface area (Å²) in [6.07, 6.45) is 0. The Morgan fingerprint density at radius 2 is 2.11 bits per heavy atom. The van der Waals surface area contributed by atoms with E-state index < -0.39 is 0 Å². The first kappa shape index (κ1) is 13.5. The second-order valence-corrected chi connectivity index (χ2v) is 5.68. The molecule has 0 bridgehead atoms. The van der Waals surface area contributed by atoms with E-state index in [0.29, 0.717) is 0 Å². The van der Waals surface area contributed by atoms with Crippen molar-refractivity contribution in [3.8, 4) is 0 Å². The highest BCUT2D eigenvalue weighted by molar-refractivity contribution is 7.10. The fourth-order valence-corrected chi connectivity index (χ4v) is 2.86.